The van der Waals surface area contributed by atoms with E-state index in [2.05, 4.69) is 5.32 Å². The predicted octanol–water partition coefficient (Wildman–Crippen LogP) is 2.45. The van der Waals surface area contributed by atoms with Gasteiger partial charge >= 0.3 is 0 Å². The van der Waals surface area contributed by atoms with Crippen LogP contribution in [-0.4, -0.2) is 62.0 Å². The van der Waals surface area contributed by atoms with Gasteiger partial charge in [-0.15, -0.1) is 0 Å². The molecule has 0 saturated carbocycles. The summed E-state index contributed by atoms with van der Waals surface area (Å²) in [5, 5.41) is 3.16. The Morgan fingerprint density at radius 2 is 1.76 bits per heavy atom. The molecule has 1 aliphatic rings. The maximum atomic E-state index is 12.9. The molecule has 2 atom stereocenters. The molecule has 1 fully saturated rings. The van der Waals surface area contributed by atoms with Gasteiger partial charge in [0.25, 0.3) is 0 Å². The van der Waals surface area contributed by atoms with Crippen molar-refractivity contribution in [3.05, 3.63) is 65.7 Å². The molecule has 29 heavy (non-hydrogen) atoms. The van der Waals surface area contributed by atoms with Crippen LogP contribution in [-0.2, 0) is 9.59 Å². The molecule has 0 bridgehead atoms. The van der Waals surface area contributed by atoms with Crippen molar-refractivity contribution in [1.29, 1.82) is 0 Å². The van der Waals surface area contributed by atoms with Gasteiger partial charge in [-0.25, -0.2) is 0 Å². The average molecular weight is 396 g/mol. The van der Waals surface area contributed by atoms with E-state index in [9.17, 15) is 9.59 Å². The fourth-order valence-electron chi connectivity index (χ4n) is 3.79. The molecule has 3 rings (SSSR count). The zero-order chi connectivity index (χ0) is 20.8. The summed E-state index contributed by atoms with van der Waals surface area (Å²) in [4.78, 5) is 28.9. The Bertz CT molecular complexity index is 821. The lowest BCUT2D eigenvalue weighted by Crippen LogP contribution is -2.47. The van der Waals surface area contributed by atoms with Crippen LogP contribution in [0.1, 0.15) is 30.0 Å². The van der Waals surface area contributed by atoms with Crippen LogP contribution < -0.4 is 10.1 Å². The molecule has 2 aromatic rings. The van der Waals surface area contributed by atoms with Gasteiger partial charge in [0.2, 0.25) is 11.8 Å². The summed E-state index contributed by atoms with van der Waals surface area (Å²) < 4.78 is 5.25. The number of likely N-dealkylation sites (tertiary alicyclic amines) is 1. The van der Waals surface area contributed by atoms with Crippen molar-refractivity contribution in [2.24, 2.45) is 0 Å². The minimum Gasteiger partial charge on any atom is -0.497 e. The maximum Gasteiger partial charge on any atom is 0.239 e. The quantitative estimate of drug-likeness (QED) is 0.782. The van der Waals surface area contributed by atoms with Gasteiger partial charge in [0.1, 0.15) is 5.75 Å². The zero-order valence-corrected chi connectivity index (χ0v) is 17.3. The van der Waals surface area contributed by atoms with Crippen LogP contribution in [0.15, 0.2) is 54.6 Å². The first-order valence-corrected chi connectivity index (χ1v) is 9.93. The highest BCUT2D eigenvalue weighted by molar-refractivity contribution is 5.84. The number of benzene rings is 2. The summed E-state index contributed by atoms with van der Waals surface area (Å²) >= 11 is 0. The van der Waals surface area contributed by atoms with Gasteiger partial charge in [-0.3, -0.25) is 14.5 Å². The summed E-state index contributed by atoms with van der Waals surface area (Å²) in [7, 11) is 5.15. The molecule has 0 spiro atoms. The lowest BCUT2D eigenvalue weighted by Gasteiger charge is -2.27. The normalized spacial score (nSPS) is 17.6. The molecule has 2 unspecified atom stereocenters. The van der Waals surface area contributed by atoms with Gasteiger partial charge < -0.3 is 15.0 Å². The van der Waals surface area contributed by atoms with Crippen LogP contribution in [0.2, 0.25) is 0 Å². The summed E-state index contributed by atoms with van der Waals surface area (Å²) in [5.74, 6) is 0.743. The second-order valence-corrected chi connectivity index (χ2v) is 7.55. The second kappa shape index (κ2) is 9.56. The van der Waals surface area contributed by atoms with Gasteiger partial charge in [-0.05, 0) is 42.6 Å². The summed E-state index contributed by atoms with van der Waals surface area (Å²) in [6.07, 6.45) is 1.73. The monoisotopic (exact) mass is 395 g/mol. The zero-order valence-electron chi connectivity index (χ0n) is 17.3. The van der Waals surface area contributed by atoms with Gasteiger partial charge in [0.05, 0.1) is 25.7 Å². The highest BCUT2D eigenvalue weighted by Gasteiger charge is 2.33. The van der Waals surface area contributed by atoms with E-state index in [0.29, 0.717) is 0 Å². The van der Waals surface area contributed by atoms with Gasteiger partial charge in [0.15, 0.2) is 0 Å². The SMILES string of the molecule is COc1ccc(C(NC(=O)CN2CCCC2C(=O)N(C)C)c2ccccc2)cc1. The van der Waals surface area contributed by atoms with Crippen molar-refractivity contribution in [1.82, 2.24) is 15.1 Å². The molecule has 0 aliphatic carbocycles. The van der Waals surface area contributed by atoms with Crippen molar-refractivity contribution in [3.63, 3.8) is 0 Å². The first-order valence-electron chi connectivity index (χ1n) is 9.93. The highest BCUT2D eigenvalue weighted by Crippen LogP contribution is 2.25. The molecule has 1 aliphatic heterocycles. The smallest absolute Gasteiger partial charge is 0.239 e. The number of amides is 2. The number of nitrogens with one attached hydrogen (secondary N) is 1. The van der Waals surface area contributed by atoms with Crippen LogP contribution in [0.4, 0.5) is 0 Å². The molecule has 1 saturated heterocycles. The Morgan fingerprint density at radius 3 is 2.38 bits per heavy atom. The van der Waals surface area contributed by atoms with E-state index in [1.165, 1.54) is 0 Å². The number of ether oxygens (including phenoxy) is 1. The van der Waals surface area contributed by atoms with Gasteiger partial charge in [-0.1, -0.05) is 42.5 Å². The van der Waals surface area contributed by atoms with E-state index in [-0.39, 0.29) is 30.4 Å². The van der Waals surface area contributed by atoms with E-state index in [4.69, 9.17) is 4.74 Å². The Kier molecular flexibility index (Phi) is 6.88. The van der Waals surface area contributed by atoms with Crippen LogP contribution in [0.25, 0.3) is 0 Å². The largest absolute Gasteiger partial charge is 0.497 e. The Morgan fingerprint density at radius 1 is 1.10 bits per heavy atom. The Balaban J connectivity index is 1.75. The van der Waals surface area contributed by atoms with E-state index in [0.717, 1.165) is 36.3 Å². The lowest BCUT2D eigenvalue weighted by atomic mass is 9.98. The Hall–Kier alpha value is -2.86. The van der Waals surface area contributed by atoms with Crippen LogP contribution in [0.3, 0.4) is 0 Å². The standard InChI is InChI=1S/C23H29N3O3/c1-25(2)23(28)20-10-7-15-26(20)16-21(27)24-22(17-8-5-4-6-9-17)18-11-13-19(29-3)14-12-18/h4-6,8-9,11-14,20,22H,7,10,15-16H2,1-3H3,(H,24,27). The fraction of sp³-hybridized carbons (Fsp3) is 0.391. The minimum atomic E-state index is -0.264. The van der Waals surface area contributed by atoms with Crippen molar-refractivity contribution >= 4 is 11.8 Å². The number of hydrogen-bond acceptors (Lipinski definition) is 4. The van der Waals surface area contributed by atoms with Crippen molar-refractivity contribution < 1.29 is 14.3 Å². The van der Waals surface area contributed by atoms with Crippen LogP contribution in [0, 0.1) is 0 Å². The third-order valence-corrected chi connectivity index (χ3v) is 5.32. The topological polar surface area (TPSA) is 61.9 Å². The molecule has 6 nitrogen and oxygen atoms in total. The maximum absolute atomic E-state index is 12.9. The van der Waals surface area contributed by atoms with Crippen LogP contribution >= 0.6 is 0 Å². The van der Waals surface area contributed by atoms with Crippen molar-refractivity contribution in [3.8, 4) is 5.75 Å². The van der Waals surface area contributed by atoms with E-state index < -0.39 is 0 Å². The number of methoxy groups -OCH3 is 1. The number of likely N-dealkylation sites (N-methyl/N-ethyl adjacent to an activating group) is 1. The molecule has 2 amide bonds. The van der Waals surface area contributed by atoms with Gasteiger partial charge in [0, 0.05) is 14.1 Å². The predicted molar refractivity (Wildman–Crippen MR) is 113 cm³/mol. The van der Waals surface area contributed by atoms with Crippen LogP contribution in [0.5, 0.6) is 5.75 Å². The van der Waals surface area contributed by atoms with E-state index in [1.54, 1.807) is 26.1 Å². The number of hydrogen-bond donors (Lipinski definition) is 1. The van der Waals surface area contributed by atoms with Gasteiger partial charge in [-0.2, -0.15) is 0 Å². The van der Waals surface area contributed by atoms with E-state index >= 15 is 0 Å². The molecular weight excluding hydrogens is 366 g/mol. The fourth-order valence-corrected chi connectivity index (χ4v) is 3.79. The van der Waals surface area contributed by atoms with Crippen molar-refractivity contribution in [2.45, 2.75) is 24.9 Å². The first-order chi connectivity index (χ1) is 14.0. The average Bonchev–Trinajstić information content (AvgIpc) is 3.20. The molecule has 6 heteroatoms. The molecule has 0 aromatic heterocycles. The third-order valence-electron chi connectivity index (χ3n) is 5.32. The summed E-state index contributed by atoms with van der Waals surface area (Å²) in [6, 6.07) is 17.1. The molecule has 0 radical (unpaired) electrons. The molecule has 1 heterocycles. The second-order valence-electron chi connectivity index (χ2n) is 7.55. The first kappa shape index (κ1) is 20.9. The minimum absolute atomic E-state index is 0.0602. The lowest BCUT2D eigenvalue weighted by molar-refractivity contribution is -0.134. The number of rotatable bonds is 7. The molecule has 154 valence electrons. The van der Waals surface area contributed by atoms with E-state index in [1.807, 2.05) is 59.5 Å². The summed E-state index contributed by atoms with van der Waals surface area (Å²) in [6.45, 7) is 0.972. The third kappa shape index (κ3) is 5.15. The summed E-state index contributed by atoms with van der Waals surface area (Å²) in [5.41, 5.74) is 1.99. The highest BCUT2D eigenvalue weighted by atomic mass is 16.5. The molecule has 2 aromatic carbocycles. The Labute approximate surface area is 172 Å². The number of carbonyl (C=O) groups excluding carboxylic acids is 2. The number of nitrogens with zero attached hydrogens (tertiary/aromatic N) is 2. The van der Waals surface area contributed by atoms with Crippen molar-refractivity contribution in [2.75, 3.05) is 34.3 Å². The number of carbonyl (C=O) groups is 2. The molecule has 1 N–H and O–H groups in total. The molecular formula is C23H29N3O3.